The molecule has 0 bridgehead atoms. The van der Waals surface area contributed by atoms with E-state index in [4.69, 9.17) is 10.8 Å². The summed E-state index contributed by atoms with van der Waals surface area (Å²) in [5.74, 6) is -1.90. The zero-order chi connectivity index (χ0) is 12.7. The Morgan fingerprint density at radius 1 is 1.56 bits per heavy atom. The van der Waals surface area contributed by atoms with Crippen LogP contribution in [0.1, 0.15) is 6.92 Å². The predicted molar refractivity (Wildman–Crippen MR) is 58.6 cm³/mol. The summed E-state index contributed by atoms with van der Waals surface area (Å²) in [6.45, 7) is 4.60. The molecule has 0 aromatic heterocycles. The number of hydrogen-bond acceptors (Lipinski definition) is 4. The molecule has 0 saturated carbocycles. The number of amides is 1. The fourth-order valence-electron chi connectivity index (χ4n) is 1.04. The molecular formula is C10H16N2O4. The SMILES string of the molecule is C=CC(=CC)C(O)C(N)C(=O)NCC(=O)O. The molecule has 0 saturated heterocycles. The van der Waals surface area contributed by atoms with Gasteiger partial charge in [-0.2, -0.15) is 0 Å². The molecule has 5 N–H and O–H groups in total. The Labute approximate surface area is 93.4 Å². The van der Waals surface area contributed by atoms with Gasteiger partial charge in [-0.1, -0.05) is 18.7 Å². The standard InChI is InChI=1S/C10H16N2O4/c1-3-6(4-2)9(15)8(11)10(16)12-5-7(13)14/h3-4,8-9,15H,1,5,11H2,2H3,(H,12,16)(H,13,14). The van der Waals surface area contributed by atoms with Gasteiger partial charge in [-0.25, -0.2) is 0 Å². The van der Waals surface area contributed by atoms with Gasteiger partial charge in [-0.05, 0) is 12.5 Å². The lowest BCUT2D eigenvalue weighted by Gasteiger charge is -2.18. The number of nitrogens with two attached hydrogens (primary N) is 1. The highest BCUT2D eigenvalue weighted by molar-refractivity contribution is 5.85. The summed E-state index contributed by atoms with van der Waals surface area (Å²) in [5, 5.41) is 20.1. The van der Waals surface area contributed by atoms with Crippen LogP contribution in [0.4, 0.5) is 0 Å². The highest BCUT2D eigenvalue weighted by Crippen LogP contribution is 2.06. The first-order chi connectivity index (χ1) is 7.43. The van der Waals surface area contributed by atoms with Crippen LogP contribution >= 0.6 is 0 Å². The van der Waals surface area contributed by atoms with E-state index >= 15 is 0 Å². The van der Waals surface area contributed by atoms with E-state index in [0.29, 0.717) is 5.57 Å². The fourth-order valence-corrected chi connectivity index (χ4v) is 1.04. The van der Waals surface area contributed by atoms with Crippen LogP contribution in [-0.2, 0) is 9.59 Å². The molecule has 0 aliphatic carbocycles. The van der Waals surface area contributed by atoms with Crippen LogP contribution in [0, 0.1) is 0 Å². The maximum atomic E-state index is 11.3. The van der Waals surface area contributed by atoms with Gasteiger partial charge in [0.05, 0.1) is 0 Å². The van der Waals surface area contributed by atoms with E-state index in [9.17, 15) is 14.7 Å². The molecule has 2 atom stereocenters. The van der Waals surface area contributed by atoms with Gasteiger partial charge in [0.2, 0.25) is 5.91 Å². The van der Waals surface area contributed by atoms with Crippen molar-refractivity contribution in [3.8, 4) is 0 Å². The predicted octanol–water partition coefficient (Wildman–Crippen LogP) is -0.992. The fraction of sp³-hybridized carbons (Fsp3) is 0.400. The number of hydrogen-bond donors (Lipinski definition) is 4. The minimum Gasteiger partial charge on any atom is -0.480 e. The van der Waals surface area contributed by atoms with E-state index in [1.807, 2.05) is 0 Å². The number of aliphatic hydroxyl groups is 1. The summed E-state index contributed by atoms with van der Waals surface area (Å²) >= 11 is 0. The van der Waals surface area contributed by atoms with Gasteiger partial charge in [0.15, 0.2) is 0 Å². The van der Waals surface area contributed by atoms with E-state index in [2.05, 4.69) is 11.9 Å². The second-order valence-corrected chi connectivity index (χ2v) is 3.07. The van der Waals surface area contributed by atoms with Crippen molar-refractivity contribution in [3.63, 3.8) is 0 Å². The second kappa shape index (κ2) is 6.76. The van der Waals surface area contributed by atoms with Gasteiger partial charge in [0, 0.05) is 0 Å². The first-order valence-electron chi connectivity index (χ1n) is 4.65. The van der Waals surface area contributed by atoms with Crippen molar-refractivity contribution < 1.29 is 19.8 Å². The average molecular weight is 228 g/mol. The van der Waals surface area contributed by atoms with Gasteiger partial charge in [-0.3, -0.25) is 9.59 Å². The number of nitrogens with one attached hydrogen (secondary N) is 1. The number of carbonyl (C=O) groups excluding carboxylic acids is 1. The molecule has 0 aromatic carbocycles. The van der Waals surface area contributed by atoms with Crippen molar-refractivity contribution in [3.05, 3.63) is 24.3 Å². The number of carbonyl (C=O) groups is 2. The van der Waals surface area contributed by atoms with E-state index in [1.54, 1.807) is 13.0 Å². The van der Waals surface area contributed by atoms with Crippen molar-refractivity contribution in [2.75, 3.05) is 6.54 Å². The van der Waals surface area contributed by atoms with Crippen molar-refractivity contribution in [2.24, 2.45) is 5.73 Å². The topological polar surface area (TPSA) is 113 Å². The highest BCUT2D eigenvalue weighted by Gasteiger charge is 2.24. The number of allylic oxidation sites excluding steroid dienone is 1. The van der Waals surface area contributed by atoms with Crippen molar-refractivity contribution in [2.45, 2.75) is 19.1 Å². The Morgan fingerprint density at radius 3 is 2.50 bits per heavy atom. The summed E-state index contributed by atoms with van der Waals surface area (Å²) in [6, 6.07) is -1.22. The maximum Gasteiger partial charge on any atom is 0.322 e. The molecule has 0 heterocycles. The normalized spacial score (nSPS) is 15.1. The van der Waals surface area contributed by atoms with Crippen LogP contribution in [0.5, 0.6) is 0 Å². The average Bonchev–Trinajstić information content (AvgIpc) is 2.26. The maximum absolute atomic E-state index is 11.3. The van der Waals surface area contributed by atoms with E-state index in [0.717, 1.165) is 0 Å². The summed E-state index contributed by atoms with van der Waals surface area (Å²) < 4.78 is 0. The van der Waals surface area contributed by atoms with Crippen molar-refractivity contribution >= 4 is 11.9 Å². The molecule has 6 nitrogen and oxygen atoms in total. The quantitative estimate of drug-likeness (QED) is 0.436. The molecule has 0 aromatic rings. The number of rotatable bonds is 6. The summed E-state index contributed by atoms with van der Waals surface area (Å²) in [7, 11) is 0. The molecular weight excluding hydrogens is 212 g/mol. The van der Waals surface area contributed by atoms with Crippen LogP contribution in [0.15, 0.2) is 24.3 Å². The summed E-state index contributed by atoms with van der Waals surface area (Å²) in [5.41, 5.74) is 5.87. The van der Waals surface area contributed by atoms with E-state index < -0.39 is 30.6 Å². The van der Waals surface area contributed by atoms with Gasteiger partial charge in [-0.15, -0.1) is 0 Å². The van der Waals surface area contributed by atoms with Crippen molar-refractivity contribution in [1.82, 2.24) is 5.32 Å². The first kappa shape index (κ1) is 14.3. The van der Waals surface area contributed by atoms with Crippen LogP contribution in [0.2, 0.25) is 0 Å². The lowest BCUT2D eigenvalue weighted by molar-refractivity contribution is -0.138. The molecule has 0 aliphatic heterocycles. The minimum absolute atomic E-state index is 0.415. The lowest BCUT2D eigenvalue weighted by Crippen LogP contribution is -2.49. The third kappa shape index (κ3) is 4.24. The molecule has 0 rings (SSSR count). The monoisotopic (exact) mass is 228 g/mol. The van der Waals surface area contributed by atoms with E-state index in [1.165, 1.54) is 6.08 Å². The molecule has 1 amide bonds. The number of aliphatic carboxylic acids is 1. The van der Waals surface area contributed by atoms with Gasteiger partial charge < -0.3 is 21.3 Å². The highest BCUT2D eigenvalue weighted by atomic mass is 16.4. The lowest BCUT2D eigenvalue weighted by atomic mass is 10.0. The van der Waals surface area contributed by atoms with Crippen LogP contribution in [0.3, 0.4) is 0 Å². The zero-order valence-corrected chi connectivity index (χ0v) is 9.01. The Hall–Kier alpha value is -1.66. The Morgan fingerprint density at radius 2 is 2.12 bits per heavy atom. The smallest absolute Gasteiger partial charge is 0.322 e. The molecule has 6 heteroatoms. The summed E-state index contributed by atoms with van der Waals surface area (Å²) in [6.07, 6.45) is 1.76. The first-order valence-corrected chi connectivity index (χ1v) is 4.65. The number of aliphatic hydroxyl groups excluding tert-OH is 1. The zero-order valence-electron chi connectivity index (χ0n) is 9.01. The van der Waals surface area contributed by atoms with Gasteiger partial charge in [0.25, 0.3) is 0 Å². The number of carboxylic acid groups (broad SMARTS) is 1. The minimum atomic E-state index is -1.22. The van der Waals surface area contributed by atoms with Crippen LogP contribution in [-0.4, -0.2) is 40.8 Å². The molecule has 90 valence electrons. The van der Waals surface area contributed by atoms with Crippen LogP contribution in [0.25, 0.3) is 0 Å². The molecule has 0 spiro atoms. The largest absolute Gasteiger partial charge is 0.480 e. The van der Waals surface area contributed by atoms with E-state index in [-0.39, 0.29) is 0 Å². The summed E-state index contributed by atoms with van der Waals surface area (Å²) in [4.78, 5) is 21.5. The Balaban J connectivity index is 4.42. The number of carboxylic acids is 1. The van der Waals surface area contributed by atoms with Gasteiger partial charge >= 0.3 is 5.97 Å². The third-order valence-electron chi connectivity index (χ3n) is 1.97. The molecule has 0 fully saturated rings. The Bertz CT molecular complexity index is 312. The van der Waals surface area contributed by atoms with Gasteiger partial charge in [0.1, 0.15) is 18.7 Å². The third-order valence-corrected chi connectivity index (χ3v) is 1.97. The molecule has 0 aliphatic rings. The second-order valence-electron chi connectivity index (χ2n) is 3.07. The molecule has 0 radical (unpaired) electrons. The molecule has 16 heavy (non-hydrogen) atoms. The molecule has 2 unspecified atom stereocenters. The van der Waals surface area contributed by atoms with Crippen molar-refractivity contribution in [1.29, 1.82) is 0 Å². The van der Waals surface area contributed by atoms with Crippen LogP contribution < -0.4 is 11.1 Å². The Kier molecular flexibility index (Phi) is 6.06.